The molecule has 2 N–H and O–H groups in total. The van der Waals surface area contributed by atoms with Crippen LogP contribution in [0.5, 0.6) is 0 Å². The molecule has 1 atom stereocenters. The number of hydrogen-bond donors (Lipinski definition) is 2. The van der Waals surface area contributed by atoms with Crippen molar-refractivity contribution >= 4 is 29.3 Å². The molecule has 2 aromatic carbocycles. The molecule has 1 aliphatic rings. The molecule has 0 radical (unpaired) electrons. The highest BCUT2D eigenvalue weighted by Crippen LogP contribution is 2.21. The van der Waals surface area contributed by atoms with E-state index in [0.717, 1.165) is 16.9 Å². The SMILES string of the molecule is Cc1ccc(C(=O)N[C@@H](C)c2ccccc2)cc1NC(=O)C1=CSCCO1. The Labute approximate surface area is 163 Å². The molecular weight excluding hydrogens is 360 g/mol. The van der Waals surface area contributed by atoms with E-state index in [-0.39, 0.29) is 17.9 Å². The van der Waals surface area contributed by atoms with E-state index in [1.54, 1.807) is 29.3 Å². The van der Waals surface area contributed by atoms with Crippen LogP contribution in [-0.4, -0.2) is 24.2 Å². The number of benzene rings is 2. The monoisotopic (exact) mass is 382 g/mol. The van der Waals surface area contributed by atoms with Crippen LogP contribution in [0.15, 0.2) is 59.7 Å². The van der Waals surface area contributed by atoms with E-state index in [4.69, 9.17) is 4.74 Å². The molecule has 0 aliphatic carbocycles. The molecule has 1 heterocycles. The number of ether oxygens (including phenoxy) is 1. The maximum absolute atomic E-state index is 12.6. The lowest BCUT2D eigenvalue weighted by Crippen LogP contribution is -2.27. The van der Waals surface area contributed by atoms with Gasteiger partial charge in [0, 0.05) is 22.4 Å². The zero-order valence-electron chi connectivity index (χ0n) is 15.3. The summed E-state index contributed by atoms with van der Waals surface area (Å²) in [5.74, 6) is 0.648. The molecule has 2 aromatic rings. The van der Waals surface area contributed by atoms with E-state index in [2.05, 4.69) is 10.6 Å². The molecule has 140 valence electrons. The summed E-state index contributed by atoms with van der Waals surface area (Å²) < 4.78 is 5.38. The van der Waals surface area contributed by atoms with Gasteiger partial charge in [0.15, 0.2) is 5.76 Å². The van der Waals surface area contributed by atoms with E-state index in [1.807, 2.05) is 50.2 Å². The summed E-state index contributed by atoms with van der Waals surface area (Å²) >= 11 is 1.55. The molecule has 2 amide bonds. The van der Waals surface area contributed by atoms with Crippen molar-refractivity contribution < 1.29 is 14.3 Å². The fraction of sp³-hybridized carbons (Fsp3) is 0.238. The Hall–Kier alpha value is -2.73. The highest BCUT2D eigenvalue weighted by molar-refractivity contribution is 8.02. The Balaban J connectivity index is 1.71. The summed E-state index contributed by atoms with van der Waals surface area (Å²) in [5.41, 5.74) is 3.00. The van der Waals surface area contributed by atoms with Crippen molar-refractivity contribution in [3.05, 3.63) is 76.4 Å². The number of carbonyl (C=O) groups is 2. The van der Waals surface area contributed by atoms with Crippen molar-refractivity contribution in [1.82, 2.24) is 5.32 Å². The van der Waals surface area contributed by atoms with Gasteiger partial charge in [-0.25, -0.2) is 0 Å². The van der Waals surface area contributed by atoms with Crippen molar-refractivity contribution in [3.63, 3.8) is 0 Å². The first kappa shape index (κ1) is 19.0. The van der Waals surface area contributed by atoms with Crippen LogP contribution in [0.2, 0.25) is 0 Å². The van der Waals surface area contributed by atoms with Crippen molar-refractivity contribution in [2.45, 2.75) is 19.9 Å². The molecular formula is C21H22N2O3S. The first-order chi connectivity index (χ1) is 13.0. The van der Waals surface area contributed by atoms with E-state index in [0.29, 0.717) is 23.6 Å². The summed E-state index contributed by atoms with van der Waals surface area (Å²) in [5, 5.41) is 7.53. The number of hydrogen-bond acceptors (Lipinski definition) is 4. The van der Waals surface area contributed by atoms with Gasteiger partial charge in [0.05, 0.1) is 12.6 Å². The normalized spacial score (nSPS) is 14.5. The molecule has 0 unspecified atom stereocenters. The number of aryl methyl sites for hydroxylation is 1. The zero-order chi connectivity index (χ0) is 19.2. The first-order valence-electron chi connectivity index (χ1n) is 8.77. The number of amides is 2. The van der Waals surface area contributed by atoms with E-state index in [9.17, 15) is 9.59 Å². The van der Waals surface area contributed by atoms with Crippen LogP contribution < -0.4 is 10.6 Å². The minimum Gasteiger partial charge on any atom is -0.487 e. The van der Waals surface area contributed by atoms with Gasteiger partial charge >= 0.3 is 0 Å². The van der Waals surface area contributed by atoms with Crippen LogP contribution in [0.4, 0.5) is 5.69 Å². The molecule has 6 heteroatoms. The van der Waals surface area contributed by atoms with Gasteiger partial charge < -0.3 is 15.4 Å². The van der Waals surface area contributed by atoms with Gasteiger partial charge in [-0.3, -0.25) is 9.59 Å². The highest BCUT2D eigenvalue weighted by Gasteiger charge is 2.17. The second-order valence-corrected chi connectivity index (χ2v) is 7.27. The van der Waals surface area contributed by atoms with Crippen LogP contribution in [0.1, 0.15) is 34.5 Å². The third kappa shape index (κ3) is 4.92. The molecule has 0 saturated heterocycles. The average Bonchev–Trinajstić information content (AvgIpc) is 2.70. The summed E-state index contributed by atoms with van der Waals surface area (Å²) in [6.07, 6.45) is 0. The molecule has 1 aliphatic heterocycles. The largest absolute Gasteiger partial charge is 0.487 e. The van der Waals surface area contributed by atoms with Gasteiger partial charge in [-0.2, -0.15) is 0 Å². The second-order valence-electron chi connectivity index (χ2n) is 6.29. The van der Waals surface area contributed by atoms with Crippen molar-refractivity contribution in [2.75, 3.05) is 17.7 Å². The van der Waals surface area contributed by atoms with Crippen molar-refractivity contribution in [3.8, 4) is 0 Å². The predicted octanol–water partition coefficient (Wildman–Crippen LogP) is 4.03. The van der Waals surface area contributed by atoms with E-state index >= 15 is 0 Å². The Morgan fingerprint density at radius 2 is 1.89 bits per heavy atom. The molecule has 27 heavy (non-hydrogen) atoms. The van der Waals surface area contributed by atoms with Crippen LogP contribution >= 0.6 is 11.8 Å². The van der Waals surface area contributed by atoms with Gasteiger partial charge in [0.2, 0.25) is 0 Å². The fourth-order valence-electron chi connectivity index (χ4n) is 2.67. The first-order valence-corrected chi connectivity index (χ1v) is 9.82. The minimum absolute atomic E-state index is 0.115. The fourth-order valence-corrected chi connectivity index (χ4v) is 3.30. The molecule has 0 spiro atoms. The Kier molecular flexibility index (Phi) is 6.19. The van der Waals surface area contributed by atoms with Gasteiger partial charge in [-0.15, -0.1) is 11.8 Å². The van der Waals surface area contributed by atoms with Crippen molar-refractivity contribution in [2.24, 2.45) is 0 Å². The lowest BCUT2D eigenvalue weighted by Gasteiger charge is -2.17. The maximum Gasteiger partial charge on any atom is 0.291 e. The minimum atomic E-state index is -0.305. The van der Waals surface area contributed by atoms with Crippen molar-refractivity contribution in [1.29, 1.82) is 0 Å². The number of carbonyl (C=O) groups excluding carboxylic acids is 2. The van der Waals surface area contributed by atoms with Crippen LogP contribution in [-0.2, 0) is 9.53 Å². The van der Waals surface area contributed by atoms with E-state index in [1.165, 1.54) is 0 Å². The van der Waals surface area contributed by atoms with E-state index < -0.39 is 0 Å². The number of nitrogens with one attached hydrogen (secondary N) is 2. The smallest absolute Gasteiger partial charge is 0.291 e. The Bertz CT molecular complexity index is 865. The third-order valence-electron chi connectivity index (χ3n) is 4.27. The summed E-state index contributed by atoms with van der Waals surface area (Å²) in [6, 6.07) is 14.9. The average molecular weight is 382 g/mol. The Morgan fingerprint density at radius 3 is 2.59 bits per heavy atom. The maximum atomic E-state index is 12.6. The summed E-state index contributed by atoms with van der Waals surface area (Å²) in [7, 11) is 0. The molecule has 3 rings (SSSR count). The topological polar surface area (TPSA) is 67.4 Å². The number of anilines is 1. The second kappa shape index (κ2) is 8.77. The lowest BCUT2D eigenvalue weighted by atomic mass is 10.1. The summed E-state index contributed by atoms with van der Waals surface area (Å²) in [4.78, 5) is 25.0. The van der Waals surface area contributed by atoms with Gasteiger partial charge in [0.1, 0.15) is 0 Å². The molecule has 5 nitrogen and oxygen atoms in total. The molecule has 0 saturated carbocycles. The van der Waals surface area contributed by atoms with Gasteiger partial charge in [-0.05, 0) is 37.1 Å². The van der Waals surface area contributed by atoms with Crippen LogP contribution in [0.25, 0.3) is 0 Å². The van der Waals surface area contributed by atoms with Gasteiger partial charge in [-0.1, -0.05) is 36.4 Å². The predicted molar refractivity (Wildman–Crippen MR) is 109 cm³/mol. The van der Waals surface area contributed by atoms with Crippen LogP contribution in [0, 0.1) is 6.92 Å². The lowest BCUT2D eigenvalue weighted by molar-refractivity contribution is -0.116. The third-order valence-corrected chi connectivity index (χ3v) is 5.05. The molecule has 0 aromatic heterocycles. The molecule has 0 bridgehead atoms. The quantitative estimate of drug-likeness (QED) is 0.819. The summed E-state index contributed by atoms with van der Waals surface area (Å²) in [6.45, 7) is 4.34. The standard InChI is InChI=1S/C21H22N2O3S/c1-14-8-9-17(20(24)22-15(2)16-6-4-3-5-7-16)12-18(14)23-21(25)19-13-27-11-10-26-19/h3-9,12-13,15H,10-11H2,1-2H3,(H,22,24)(H,23,25)/t15-/m0/s1. The Morgan fingerprint density at radius 1 is 1.11 bits per heavy atom. The van der Waals surface area contributed by atoms with Gasteiger partial charge in [0.25, 0.3) is 11.8 Å². The zero-order valence-corrected chi connectivity index (χ0v) is 16.1. The number of thioether (sulfide) groups is 1. The number of rotatable bonds is 5. The molecule has 0 fully saturated rings. The highest BCUT2D eigenvalue weighted by atomic mass is 32.2. The van der Waals surface area contributed by atoms with Crippen LogP contribution in [0.3, 0.4) is 0 Å².